The Morgan fingerprint density at radius 3 is 2.38 bits per heavy atom. The van der Waals surface area contributed by atoms with Crippen molar-refractivity contribution in [2.75, 3.05) is 7.11 Å². The highest BCUT2D eigenvalue weighted by atomic mass is 17.1. The maximum absolute atomic E-state index is 9.13. The molecule has 4 heteroatoms. The van der Waals surface area contributed by atoms with Gasteiger partial charge in [0.2, 0.25) is 0 Å². The van der Waals surface area contributed by atoms with E-state index in [1.807, 2.05) is 0 Å². The first kappa shape index (κ1) is 9.98. The van der Waals surface area contributed by atoms with Crippen LogP contribution in [0.15, 0.2) is 24.3 Å². The van der Waals surface area contributed by atoms with E-state index in [0.29, 0.717) is 12.2 Å². The van der Waals surface area contributed by atoms with Gasteiger partial charge in [0.1, 0.15) is 0 Å². The Labute approximate surface area is 76.3 Å². The van der Waals surface area contributed by atoms with Crippen molar-refractivity contribution in [3.05, 3.63) is 29.8 Å². The zero-order valence-corrected chi connectivity index (χ0v) is 7.30. The summed E-state index contributed by atoms with van der Waals surface area (Å²) < 4.78 is 4.69. The number of hydrogen-bond acceptors (Lipinski definition) is 4. The van der Waals surface area contributed by atoms with E-state index in [2.05, 4.69) is 9.62 Å². The van der Waals surface area contributed by atoms with Crippen LogP contribution in [0, 0.1) is 0 Å². The van der Waals surface area contributed by atoms with Gasteiger partial charge in [-0.1, -0.05) is 12.1 Å². The van der Waals surface area contributed by atoms with Crippen molar-refractivity contribution in [2.24, 2.45) is 0 Å². The molecule has 72 valence electrons. The lowest BCUT2D eigenvalue weighted by Gasteiger charge is -2.07. The fourth-order valence-corrected chi connectivity index (χ4v) is 0.971. The molecule has 0 heterocycles. The highest BCUT2D eigenvalue weighted by Gasteiger charge is 2.02. The van der Waals surface area contributed by atoms with Gasteiger partial charge in [-0.05, 0) is 17.7 Å². The minimum absolute atomic E-state index is 0.371. The molecule has 0 aliphatic heterocycles. The second kappa shape index (κ2) is 4.81. The van der Waals surface area contributed by atoms with Crippen molar-refractivity contribution in [1.29, 1.82) is 0 Å². The quantitative estimate of drug-likeness (QED) is 0.417. The highest BCUT2D eigenvalue weighted by Crippen LogP contribution is 2.12. The van der Waals surface area contributed by atoms with Crippen molar-refractivity contribution >= 4 is 0 Å². The maximum Gasteiger partial charge on any atom is 0.165 e. The molecule has 0 aliphatic rings. The third-order valence-electron chi connectivity index (χ3n) is 1.71. The summed E-state index contributed by atoms with van der Waals surface area (Å²) in [5.41, 5.74) is 0.912. The molecule has 0 radical (unpaired) electrons. The van der Waals surface area contributed by atoms with Gasteiger partial charge in [-0.15, -0.1) is 0 Å². The first-order valence-corrected chi connectivity index (χ1v) is 3.87. The van der Waals surface area contributed by atoms with Crippen LogP contribution in [-0.2, 0) is 11.2 Å². The van der Waals surface area contributed by atoms with Crippen molar-refractivity contribution in [1.82, 2.24) is 0 Å². The van der Waals surface area contributed by atoms with E-state index >= 15 is 0 Å². The van der Waals surface area contributed by atoms with Crippen molar-refractivity contribution < 1.29 is 20.0 Å². The monoisotopic (exact) mass is 184 g/mol. The van der Waals surface area contributed by atoms with Crippen molar-refractivity contribution in [2.45, 2.75) is 12.7 Å². The lowest BCUT2D eigenvalue weighted by Crippen LogP contribution is -2.12. The number of methoxy groups -OCH3 is 1. The molecular formula is C9H12O4. The normalized spacial score (nSPS) is 12.5. The van der Waals surface area contributed by atoms with Gasteiger partial charge in [0.05, 0.1) is 0 Å². The highest BCUT2D eigenvalue weighted by molar-refractivity contribution is 5.26. The Morgan fingerprint density at radius 2 is 1.92 bits per heavy atom. The molecule has 0 bridgehead atoms. The number of rotatable bonds is 4. The molecule has 2 N–H and O–H groups in total. The largest absolute Gasteiger partial charge is 0.368 e. The number of hydrogen-bond donors (Lipinski definition) is 2. The van der Waals surface area contributed by atoms with Crippen molar-refractivity contribution in [3.8, 4) is 5.75 Å². The van der Waals surface area contributed by atoms with E-state index in [-0.39, 0.29) is 0 Å². The van der Waals surface area contributed by atoms with Crippen LogP contribution in [0.5, 0.6) is 5.75 Å². The average Bonchev–Trinajstić information content (AvgIpc) is 2.19. The minimum Gasteiger partial charge on any atom is -0.368 e. The summed E-state index contributed by atoms with van der Waals surface area (Å²) in [7, 11) is 1.44. The third-order valence-corrected chi connectivity index (χ3v) is 1.71. The number of ether oxygens (including phenoxy) is 1. The van der Waals surface area contributed by atoms with Crippen molar-refractivity contribution in [3.63, 3.8) is 0 Å². The molecule has 0 saturated carbocycles. The van der Waals surface area contributed by atoms with Crippen LogP contribution in [0.4, 0.5) is 0 Å². The summed E-state index contributed by atoms with van der Waals surface area (Å²) in [4.78, 5) is 4.01. The molecule has 1 atom stereocenters. The summed E-state index contributed by atoms with van der Waals surface area (Å²) in [6.45, 7) is 0. The Bertz CT molecular complexity index is 244. The second-order valence-corrected chi connectivity index (χ2v) is 2.63. The van der Waals surface area contributed by atoms with Crippen LogP contribution in [0.25, 0.3) is 0 Å². The van der Waals surface area contributed by atoms with Gasteiger partial charge in [-0.25, -0.2) is 5.26 Å². The predicted molar refractivity (Wildman–Crippen MR) is 46.4 cm³/mol. The second-order valence-electron chi connectivity index (χ2n) is 2.63. The Balaban J connectivity index is 2.58. The molecule has 0 fully saturated rings. The van der Waals surface area contributed by atoms with Crippen LogP contribution >= 0.6 is 0 Å². The Morgan fingerprint density at radius 1 is 1.31 bits per heavy atom. The fourth-order valence-electron chi connectivity index (χ4n) is 0.971. The molecule has 0 amide bonds. The topological polar surface area (TPSA) is 58.9 Å². The summed E-state index contributed by atoms with van der Waals surface area (Å²) >= 11 is 0. The van der Waals surface area contributed by atoms with Gasteiger partial charge >= 0.3 is 0 Å². The predicted octanol–water partition coefficient (Wildman–Crippen LogP) is 1.05. The summed E-state index contributed by atoms with van der Waals surface area (Å²) in [6.07, 6.45) is -0.372. The summed E-state index contributed by atoms with van der Waals surface area (Å²) in [6, 6.07) is 6.71. The standard InChI is InChI=1S/C9H12O4/c1-12-9(10)6-7-2-4-8(13-11)5-3-7/h2-5,9-11H,6H2,1H3. The molecule has 0 aromatic heterocycles. The maximum atomic E-state index is 9.13. The van der Waals surface area contributed by atoms with E-state index in [9.17, 15) is 0 Å². The molecule has 0 aliphatic carbocycles. The van der Waals surface area contributed by atoms with E-state index in [1.165, 1.54) is 7.11 Å². The van der Waals surface area contributed by atoms with Gasteiger partial charge < -0.3 is 14.7 Å². The molecule has 13 heavy (non-hydrogen) atoms. The lowest BCUT2D eigenvalue weighted by molar-refractivity contribution is -0.137. The number of benzene rings is 1. The van der Waals surface area contributed by atoms with E-state index in [4.69, 9.17) is 10.4 Å². The van der Waals surface area contributed by atoms with Crippen LogP contribution < -0.4 is 4.89 Å². The molecule has 1 aromatic rings. The number of aliphatic hydroxyl groups excluding tert-OH is 1. The van der Waals surface area contributed by atoms with Crippen LogP contribution in [0.2, 0.25) is 0 Å². The molecule has 0 saturated heterocycles. The average molecular weight is 184 g/mol. The summed E-state index contributed by atoms with van der Waals surface area (Å²) in [5, 5.41) is 17.4. The van der Waals surface area contributed by atoms with Crippen LogP contribution in [-0.4, -0.2) is 23.8 Å². The van der Waals surface area contributed by atoms with Gasteiger partial charge in [0, 0.05) is 13.5 Å². The molecule has 1 aromatic carbocycles. The first-order valence-electron chi connectivity index (χ1n) is 3.87. The van der Waals surface area contributed by atoms with E-state index in [0.717, 1.165) is 5.56 Å². The number of aliphatic hydroxyl groups is 1. The molecular weight excluding hydrogens is 172 g/mol. The molecule has 1 rings (SSSR count). The Hall–Kier alpha value is -1.10. The zero-order valence-electron chi connectivity index (χ0n) is 7.30. The molecule has 4 nitrogen and oxygen atoms in total. The van der Waals surface area contributed by atoms with Crippen LogP contribution in [0.1, 0.15) is 5.56 Å². The summed E-state index contributed by atoms with van der Waals surface area (Å²) in [5.74, 6) is 0.371. The van der Waals surface area contributed by atoms with Crippen LogP contribution in [0.3, 0.4) is 0 Å². The van der Waals surface area contributed by atoms with E-state index in [1.54, 1.807) is 24.3 Å². The van der Waals surface area contributed by atoms with E-state index < -0.39 is 6.29 Å². The first-order chi connectivity index (χ1) is 6.26. The fraction of sp³-hybridized carbons (Fsp3) is 0.333. The third kappa shape index (κ3) is 3.02. The zero-order chi connectivity index (χ0) is 9.68. The molecule has 0 spiro atoms. The van der Waals surface area contributed by atoms with Gasteiger partial charge in [-0.3, -0.25) is 0 Å². The SMILES string of the molecule is COC(O)Cc1ccc(OO)cc1. The lowest BCUT2D eigenvalue weighted by atomic mass is 10.1. The molecule has 1 unspecified atom stereocenters. The smallest absolute Gasteiger partial charge is 0.165 e. The van der Waals surface area contributed by atoms with Gasteiger partial charge in [0.25, 0.3) is 0 Å². The Kier molecular flexibility index (Phi) is 3.70. The van der Waals surface area contributed by atoms with Gasteiger partial charge in [-0.2, -0.15) is 0 Å². The van der Waals surface area contributed by atoms with Gasteiger partial charge in [0.15, 0.2) is 12.0 Å². The minimum atomic E-state index is -0.791.